The Morgan fingerprint density at radius 1 is 1.34 bits per heavy atom. The number of anilines is 2. The molecule has 1 aliphatic rings. The fraction of sp³-hybridized carbons (Fsp3) is 0.286. The molecule has 150 valence electrons. The number of hydrogen-bond donors (Lipinski definition) is 2. The predicted octanol–water partition coefficient (Wildman–Crippen LogP) is 2.57. The lowest BCUT2D eigenvalue weighted by Gasteiger charge is -2.13. The molecule has 4 rings (SSSR count). The molecule has 0 aliphatic carbocycles. The van der Waals surface area contributed by atoms with Gasteiger partial charge in [-0.15, -0.1) is 0 Å². The summed E-state index contributed by atoms with van der Waals surface area (Å²) in [6, 6.07) is 11.4. The maximum atomic E-state index is 12.7. The molecule has 0 bridgehead atoms. The first-order valence-electron chi connectivity index (χ1n) is 9.41. The number of ether oxygens (including phenoxy) is 2. The van der Waals surface area contributed by atoms with Crippen molar-refractivity contribution in [1.29, 1.82) is 0 Å². The number of esters is 1. The molecule has 1 atom stereocenters. The number of aromatic nitrogens is 2. The van der Waals surface area contributed by atoms with Crippen molar-refractivity contribution in [1.82, 2.24) is 9.55 Å². The summed E-state index contributed by atoms with van der Waals surface area (Å²) in [5, 5.41) is 3.44. The largest absolute Gasteiger partial charge is 0.464 e. The molecule has 3 aromatic rings. The Balaban J connectivity index is 1.86. The fourth-order valence-corrected chi connectivity index (χ4v) is 3.58. The van der Waals surface area contributed by atoms with Gasteiger partial charge in [0.25, 0.3) is 5.91 Å². The minimum atomic E-state index is -0.569. The summed E-state index contributed by atoms with van der Waals surface area (Å²) in [6.07, 6.45) is 2.45. The van der Waals surface area contributed by atoms with Gasteiger partial charge in [-0.2, -0.15) is 0 Å². The van der Waals surface area contributed by atoms with Crippen LogP contribution in [0.25, 0.3) is 11.0 Å². The molecule has 1 saturated heterocycles. The van der Waals surface area contributed by atoms with E-state index >= 15 is 0 Å². The van der Waals surface area contributed by atoms with Crippen molar-refractivity contribution in [3.05, 3.63) is 53.9 Å². The number of nitrogens with zero attached hydrogens (tertiary/aromatic N) is 2. The number of benzene rings is 1. The van der Waals surface area contributed by atoms with Crippen molar-refractivity contribution in [3.63, 3.8) is 0 Å². The molecule has 1 aliphatic heterocycles. The smallest absolute Gasteiger partial charge is 0.356 e. The normalized spacial score (nSPS) is 16.1. The summed E-state index contributed by atoms with van der Waals surface area (Å²) < 4.78 is 12.2. The van der Waals surface area contributed by atoms with Gasteiger partial charge in [0, 0.05) is 18.5 Å². The van der Waals surface area contributed by atoms with Crippen molar-refractivity contribution in [2.75, 3.05) is 24.8 Å². The third kappa shape index (κ3) is 3.66. The highest BCUT2D eigenvalue weighted by molar-refractivity contribution is 6.12. The van der Waals surface area contributed by atoms with Crippen LogP contribution in [0, 0.1) is 0 Å². The van der Waals surface area contributed by atoms with Gasteiger partial charge in [0.1, 0.15) is 11.8 Å². The number of nitrogen functional groups attached to an aromatic ring is 1. The van der Waals surface area contributed by atoms with Gasteiger partial charge in [-0.3, -0.25) is 4.79 Å². The SMILES string of the molecule is COC(=O)c1c(NC(=O)C2CCCO2)c2cc(N)cnc2n1Cc1ccccc1. The Labute approximate surface area is 167 Å². The predicted molar refractivity (Wildman–Crippen MR) is 109 cm³/mol. The third-order valence-electron chi connectivity index (χ3n) is 4.95. The molecule has 0 spiro atoms. The number of hydrogen-bond acceptors (Lipinski definition) is 6. The minimum Gasteiger partial charge on any atom is -0.464 e. The van der Waals surface area contributed by atoms with E-state index < -0.39 is 12.1 Å². The summed E-state index contributed by atoms with van der Waals surface area (Å²) >= 11 is 0. The topological polar surface area (TPSA) is 108 Å². The molecule has 29 heavy (non-hydrogen) atoms. The fourth-order valence-electron chi connectivity index (χ4n) is 3.58. The number of rotatable bonds is 5. The van der Waals surface area contributed by atoms with Crippen LogP contribution in [0.1, 0.15) is 28.9 Å². The van der Waals surface area contributed by atoms with Crippen molar-refractivity contribution in [2.24, 2.45) is 0 Å². The van der Waals surface area contributed by atoms with Crippen molar-refractivity contribution in [3.8, 4) is 0 Å². The van der Waals surface area contributed by atoms with E-state index in [0.717, 1.165) is 12.0 Å². The quantitative estimate of drug-likeness (QED) is 0.644. The van der Waals surface area contributed by atoms with Crippen molar-refractivity contribution < 1.29 is 19.1 Å². The molecule has 8 nitrogen and oxygen atoms in total. The number of methoxy groups -OCH3 is 1. The Kier molecular flexibility index (Phi) is 5.18. The Hall–Kier alpha value is -3.39. The van der Waals surface area contributed by atoms with E-state index in [9.17, 15) is 9.59 Å². The number of nitrogens with one attached hydrogen (secondary N) is 1. The molecular formula is C21H22N4O4. The Morgan fingerprint density at radius 2 is 2.14 bits per heavy atom. The number of nitrogens with two attached hydrogens (primary N) is 1. The van der Waals surface area contributed by atoms with Crippen LogP contribution in [0.5, 0.6) is 0 Å². The van der Waals surface area contributed by atoms with Gasteiger partial charge in [0.2, 0.25) is 0 Å². The molecule has 1 fully saturated rings. The molecule has 1 unspecified atom stereocenters. The second-order valence-electron chi connectivity index (χ2n) is 6.92. The molecule has 2 aromatic heterocycles. The van der Waals surface area contributed by atoms with Crippen LogP contribution in [0.3, 0.4) is 0 Å². The molecule has 1 aromatic carbocycles. The third-order valence-corrected chi connectivity index (χ3v) is 4.95. The van der Waals surface area contributed by atoms with Crippen LogP contribution in [-0.2, 0) is 20.8 Å². The van der Waals surface area contributed by atoms with Gasteiger partial charge in [0.15, 0.2) is 5.69 Å². The first kappa shape index (κ1) is 18.9. The van der Waals surface area contributed by atoms with Gasteiger partial charge < -0.3 is 25.1 Å². The summed E-state index contributed by atoms with van der Waals surface area (Å²) in [5.74, 6) is -0.867. The Morgan fingerprint density at radius 3 is 2.83 bits per heavy atom. The van der Waals surface area contributed by atoms with Crippen LogP contribution >= 0.6 is 0 Å². The zero-order valence-corrected chi connectivity index (χ0v) is 16.1. The summed E-state index contributed by atoms with van der Waals surface area (Å²) in [5.41, 5.74) is 8.43. The van der Waals surface area contributed by atoms with Crippen molar-refractivity contribution in [2.45, 2.75) is 25.5 Å². The number of carbonyl (C=O) groups is 2. The van der Waals surface area contributed by atoms with Crippen LogP contribution in [-0.4, -0.2) is 41.2 Å². The first-order valence-corrected chi connectivity index (χ1v) is 9.41. The van der Waals surface area contributed by atoms with Gasteiger partial charge >= 0.3 is 5.97 Å². The van der Waals surface area contributed by atoms with Crippen LogP contribution in [0.15, 0.2) is 42.6 Å². The number of pyridine rings is 1. The van der Waals surface area contributed by atoms with E-state index in [2.05, 4.69) is 10.3 Å². The number of amides is 1. The van der Waals surface area contributed by atoms with Gasteiger partial charge in [-0.1, -0.05) is 30.3 Å². The lowest BCUT2D eigenvalue weighted by Crippen LogP contribution is -2.28. The molecular weight excluding hydrogens is 372 g/mol. The van der Waals surface area contributed by atoms with Crippen LogP contribution in [0.4, 0.5) is 11.4 Å². The zero-order valence-electron chi connectivity index (χ0n) is 16.1. The molecule has 0 radical (unpaired) electrons. The van der Waals surface area contributed by atoms with E-state index in [1.807, 2.05) is 30.3 Å². The van der Waals surface area contributed by atoms with Gasteiger partial charge in [-0.05, 0) is 24.5 Å². The standard InChI is InChI=1S/C21H22N4O4/c1-28-21(27)18-17(24-20(26)16-8-5-9-29-16)15-10-14(22)11-23-19(15)25(18)12-13-6-3-2-4-7-13/h2-4,6-7,10-11,16H,5,8-9,12,22H2,1H3,(H,24,26). The molecule has 8 heteroatoms. The molecule has 1 amide bonds. The van der Waals surface area contributed by atoms with E-state index in [-0.39, 0.29) is 11.6 Å². The van der Waals surface area contributed by atoms with Gasteiger partial charge in [0.05, 0.1) is 24.7 Å². The van der Waals surface area contributed by atoms with E-state index in [0.29, 0.717) is 42.0 Å². The van der Waals surface area contributed by atoms with Crippen molar-refractivity contribution >= 4 is 34.3 Å². The van der Waals surface area contributed by atoms with E-state index in [4.69, 9.17) is 15.2 Å². The summed E-state index contributed by atoms with van der Waals surface area (Å²) in [7, 11) is 1.31. The monoisotopic (exact) mass is 394 g/mol. The average Bonchev–Trinajstić information content (AvgIpc) is 3.36. The highest BCUT2D eigenvalue weighted by Gasteiger charge is 2.29. The van der Waals surface area contributed by atoms with Crippen LogP contribution < -0.4 is 11.1 Å². The van der Waals surface area contributed by atoms with Crippen LogP contribution in [0.2, 0.25) is 0 Å². The maximum Gasteiger partial charge on any atom is 0.356 e. The zero-order chi connectivity index (χ0) is 20.4. The average molecular weight is 394 g/mol. The molecule has 0 saturated carbocycles. The Bertz CT molecular complexity index is 1060. The highest BCUT2D eigenvalue weighted by Crippen LogP contribution is 2.33. The second kappa shape index (κ2) is 7.92. The second-order valence-corrected chi connectivity index (χ2v) is 6.92. The summed E-state index contributed by atoms with van der Waals surface area (Å²) in [4.78, 5) is 29.9. The molecule has 3 heterocycles. The maximum absolute atomic E-state index is 12.7. The minimum absolute atomic E-state index is 0.218. The first-order chi connectivity index (χ1) is 14.1. The lowest BCUT2D eigenvalue weighted by molar-refractivity contribution is -0.124. The number of fused-ring (bicyclic) bond motifs is 1. The molecule has 3 N–H and O–H groups in total. The lowest BCUT2D eigenvalue weighted by atomic mass is 10.2. The summed E-state index contributed by atoms with van der Waals surface area (Å²) in [6.45, 7) is 0.931. The van der Waals surface area contributed by atoms with Gasteiger partial charge in [-0.25, -0.2) is 9.78 Å². The highest BCUT2D eigenvalue weighted by atomic mass is 16.5. The van der Waals surface area contributed by atoms with E-state index in [1.165, 1.54) is 13.3 Å². The van der Waals surface area contributed by atoms with E-state index in [1.54, 1.807) is 10.6 Å². The number of carbonyl (C=O) groups excluding carboxylic acids is 2.